The van der Waals surface area contributed by atoms with Gasteiger partial charge in [-0.3, -0.25) is 0 Å². The Labute approximate surface area is 120 Å². The highest BCUT2D eigenvalue weighted by Gasteiger charge is 2.16. The van der Waals surface area contributed by atoms with Crippen molar-refractivity contribution in [2.75, 3.05) is 19.8 Å². The zero-order valence-electron chi connectivity index (χ0n) is 12.3. The average molecular weight is 281 g/mol. The largest absolute Gasteiger partial charge is 0.379 e. The van der Waals surface area contributed by atoms with Crippen LogP contribution in [0.3, 0.4) is 0 Å². The van der Waals surface area contributed by atoms with Crippen molar-refractivity contribution >= 4 is 0 Å². The number of ether oxygens (including phenoxy) is 2. The molecule has 1 saturated heterocycles. The van der Waals surface area contributed by atoms with Crippen LogP contribution in [0, 0.1) is 11.7 Å². The number of benzene rings is 1. The van der Waals surface area contributed by atoms with Gasteiger partial charge in [0.2, 0.25) is 0 Å². The van der Waals surface area contributed by atoms with Crippen LogP contribution in [0.4, 0.5) is 4.39 Å². The fourth-order valence-corrected chi connectivity index (χ4v) is 2.21. The minimum absolute atomic E-state index is 0.108. The Morgan fingerprint density at radius 3 is 3.00 bits per heavy atom. The smallest absolute Gasteiger partial charge is 0.128 e. The summed E-state index contributed by atoms with van der Waals surface area (Å²) in [6.07, 6.45) is 1.01. The van der Waals surface area contributed by atoms with Crippen LogP contribution in [0.1, 0.15) is 31.4 Å². The minimum atomic E-state index is -0.198. The molecule has 0 aliphatic carbocycles. The Morgan fingerprint density at radius 2 is 2.30 bits per heavy atom. The number of halogens is 1. The van der Waals surface area contributed by atoms with Crippen LogP contribution in [0.5, 0.6) is 0 Å². The van der Waals surface area contributed by atoms with Crippen molar-refractivity contribution in [1.82, 2.24) is 5.32 Å². The van der Waals surface area contributed by atoms with Crippen LogP contribution in [0.25, 0.3) is 0 Å². The van der Waals surface area contributed by atoms with E-state index in [2.05, 4.69) is 19.2 Å². The molecule has 1 N–H and O–H groups in total. The lowest BCUT2D eigenvalue weighted by Gasteiger charge is -2.12. The fraction of sp³-hybridized carbons (Fsp3) is 0.625. The molecule has 2 rings (SSSR count). The van der Waals surface area contributed by atoms with Crippen LogP contribution < -0.4 is 5.32 Å². The predicted octanol–water partition coefficient (Wildman–Crippen LogP) is 2.88. The fourth-order valence-electron chi connectivity index (χ4n) is 2.21. The van der Waals surface area contributed by atoms with Gasteiger partial charge in [-0.15, -0.1) is 0 Å². The maximum atomic E-state index is 13.8. The van der Waals surface area contributed by atoms with Gasteiger partial charge in [-0.25, -0.2) is 4.39 Å². The van der Waals surface area contributed by atoms with Gasteiger partial charge >= 0.3 is 0 Å². The summed E-state index contributed by atoms with van der Waals surface area (Å²) in [5, 5.41) is 3.36. The standard InChI is InChI=1S/C16H24FNO2/c1-12(2)8-18-9-13-3-4-16(17)14(7-13)10-20-15-5-6-19-11-15/h3-4,7,12,15,18H,5-6,8-11H2,1-2H3. The quantitative estimate of drug-likeness (QED) is 0.833. The molecule has 112 valence electrons. The molecule has 0 spiro atoms. The lowest BCUT2D eigenvalue weighted by Crippen LogP contribution is -2.19. The third-order valence-electron chi connectivity index (χ3n) is 3.35. The van der Waals surface area contributed by atoms with E-state index in [-0.39, 0.29) is 11.9 Å². The third-order valence-corrected chi connectivity index (χ3v) is 3.35. The van der Waals surface area contributed by atoms with E-state index in [0.717, 1.165) is 31.7 Å². The van der Waals surface area contributed by atoms with Crippen LogP contribution >= 0.6 is 0 Å². The lowest BCUT2D eigenvalue weighted by molar-refractivity contribution is 0.0304. The molecule has 1 heterocycles. The SMILES string of the molecule is CC(C)CNCc1ccc(F)c(COC2CCOC2)c1. The summed E-state index contributed by atoms with van der Waals surface area (Å²) in [4.78, 5) is 0. The number of hydrogen-bond donors (Lipinski definition) is 1. The highest BCUT2D eigenvalue weighted by atomic mass is 19.1. The first-order valence-corrected chi connectivity index (χ1v) is 7.32. The number of hydrogen-bond acceptors (Lipinski definition) is 3. The number of rotatable bonds is 7. The summed E-state index contributed by atoms with van der Waals surface area (Å²) >= 11 is 0. The zero-order chi connectivity index (χ0) is 14.4. The molecule has 0 bridgehead atoms. The molecule has 0 radical (unpaired) electrons. The highest BCUT2D eigenvalue weighted by Crippen LogP contribution is 2.15. The van der Waals surface area contributed by atoms with Gasteiger partial charge in [-0.1, -0.05) is 19.9 Å². The molecule has 4 heteroatoms. The molecule has 1 atom stereocenters. The summed E-state index contributed by atoms with van der Waals surface area (Å²) in [6.45, 7) is 7.74. The summed E-state index contributed by atoms with van der Waals surface area (Å²) in [7, 11) is 0. The Morgan fingerprint density at radius 1 is 1.45 bits per heavy atom. The molecule has 1 fully saturated rings. The second kappa shape index (κ2) is 7.72. The van der Waals surface area contributed by atoms with Gasteiger partial charge in [0, 0.05) is 18.7 Å². The summed E-state index contributed by atoms with van der Waals surface area (Å²) < 4.78 is 24.7. The van der Waals surface area contributed by atoms with E-state index in [1.54, 1.807) is 0 Å². The van der Waals surface area contributed by atoms with Gasteiger partial charge in [0.25, 0.3) is 0 Å². The van der Waals surface area contributed by atoms with E-state index in [4.69, 9.17) is 9.47 Å². The zero-order valence-corrected chi connectivity index (χ0v) is 12.3. The minimum Gasteiger partial charge on any atom is -0.379 e. The molecule has 3 nitrogen and oxygen atoms in total. The molecule has 0 saturated carbocycles. The second-order valence-corrected chi connectivity index (χ2v) is 5.75. The molecular formula is C16H24FNO2. The van der Waals surface area contributed by atoms with Gasteiger partial charge in [0.15, 0.2) is 0 Å². The van der Waals surface area contributed by atoms with E-state index in [1.165, 1.54) is 6.07 Å². The van der Waals surface area contributed by atoms with Gasteiger partial charge in [0.1, 0.15) is 5.82 Å². The highest BCUT2D eigenvalue weighted by molar-refractivity contribution is 5.24. The van der Waals surface area contributed by atoms with E-state index < -0.39 is 0 Å². The lowest BCUT2D eigenvalue weighted by atomic mass is 10.1. The molecule has 20 heavy (non-hydrogen) atoms. The monoisotopic (exact) mass is 281 g/mol. The summed E-state index contributed by atoms with van der Waals surface area (Å²) in [5.41, 5.74) is 1.72. The van der Waals surface area contributed by atoms with E-state index >= 15 is 0 Å². The molecular weight excluding hydrogens is 257 g/mol. The van der Waals surface area contributed by atoms with Crippen molar-refractivity contribution in [3.05, 3.63) is 35.1 Å². The maximum Gasteiger partial charge on any atom is 0.128 e. The van der Waals surface area contributed by atoms with E-state index in [1.807, 2.05) is 12.1 Å². The molecule has 0 aromatic heterocycles. The molecule has 1 aliphatic heterocycles. The number of nitrogens with one attached hydrogen (secondary N) is 1. The van der Waals surface area contributed by atoms with Crippen molar-refractivity contribution in [3.8, 4) is 0 Å². The van der Waals surface area contributed by atoms with Crippen molar-refractivity contribution in [1.29, 1.82) is 0 Å². The van der Waals surface area contributed by atoms with Crippen molar-refractivity contribution in [2.45, 2.75) is 39.5 Å². The van der Waals surface area contributed by atoms with Crippen LogP contribution in [0.2, 0.25) is 0 Å². The topological polar surface area (TPSA) is 30.5 Å². The molecule has 1 aromatic rings. The van der Waals surface area contributed by atoms with Crippen molar-refractivity contribution < 1.29 is 13.9 Å². The Balaban J connectivity index is 1.86. The van der Waals surface area contributed by atoms with E-state index in [0.29, 0.717) is 24.7 Å². The van der Waals surface area contributed by atoms with Crippen LogP contribution in [-0.4, -0.2) is 25.9 Å². The Kier molecular flexibility index (Phi) is 5.95. The maximum absolute atomic E-state index is 13.8. The van der Waals surface area contributed by atoms with Gasteiger partial charge in [0.05, 0.1) is 19.3 Å². The predicted molar refractivity (Wildman–Crippen MR) is 77.0 cm³/mol. The first-order chi connectivity index (χ1) is 9.65. The summed E-state index contributed by atoms with van der Waals surface area (Å²) in [6, 6.07) is 5.24. The molecule has 1 aromatic carbocycles. The Hall–Kier alpha value is -0.970. The molecule has 0 amide bonds. The van der Waals surface area contributed by atoms with Crippen molar-refractivity contribution in [2.24, 2.45) is 5.92 Å². The van der Waals surface area contributed by atoms with Gasteiger partial charge in [-0.2, -0.15) is 0 Å². The molecule has 1 unspecified atom stereocenters. The third kappa shape index (κ3) is 4.85. The van der Waals surface area contributed by atoms with Gasteiger partial charge < -0.3 is 14.8 Å². The van der Waals surface area contributed by atoms with Crippen LogP contribution in [-0.2, 0) is 22.6 Å². The normalized spacial score (nSPS) is 18.9. The first kappa shape index (κ1) is 15.4. The van der Waals surface area contributed by atoms with E-state index in [9.17, 15) is 4.39 Å². The average Bonchev–Trinajstić information content (AvgIpc) is 2.92. The van der Waals surface area contributed by atoms with Gasteiger partial charge in [-0.05, 0) is 36.6 Å². The summed E-state index contributed by atoms with van der Waals surface area (Å²) in [5.74, 6) is 0.414. The molecule has 1 aliphatic rings. The second-order valence-electron chi connectivity index (χ2n) is 5.75. The Bertz CT molecular complexity index is 417. The van der Waals surface area contributed by atoms with Crippen LogP contribution in [0.15, 0.2) is 18.2 Å². The first-order valence-electron chi connectivity index (χ1n) is 7.32. The van der Waals surface area contributed by atoms with Crippen molar-refractivity contribution in [3.63, 3.8) is 0 Å².